The molecule has 1 saturated carbocycles. The van der Waals surface area contributed by atoms with Crippen LogP contribution in [0, 0.1) is 5.92 Å². The highest BCUT2D eigenvalue weighted by Crippen LogP contribution is 2.41. The summed E-state index contributed by atoms with van der Waals surface area (Å²) < 4.78 is 0. The van der Waals surface area contributed by atoms with Crippen molar-refractivity contribution in [3.63, 3.8) is 0 Å². The predicted octanol–water partition coefficient (Wildman–Crippen LogP) is 1.18. The minimum absolute atomic E-state index is 0.375. The average Bonchev–Trinajstić information content (AvgIpc) is 2.41. The van der Waals surface area contributed by atoms with Gasteiger partial charge >= 0.3 is 0 Å². The predicted molar refractivity (Wildman–Crippen MR) is 42.2 cm³/mol. The maximum absolute atomic E-state index is 4.64. The van der Waals surface area contributed by atoms with Crippen molar-refractivity contribution in [1.82, 2.24) is 5.32 Å². The molecule has 0 amide bonds. The Morgan fingerprint density at radius 3 is 2.50 bits per heavy atom. The van der Waals surface area contributed by atoms with E-state index >= 15 is 0 Å². The van der Waals surface area contributed by atoms with Gasteiger partial charge in [0.15, 0.2) is 0 Å². The first-order chi connectivity index (χ1) is 4.72. The summed E-state index contributed by atoms with van der Waals surface area (Å²) in [4.78, 5) is 4.64. The topological polar surface area (TPSA) is 24.4 Å². The van der Waals surface area contributed by atoms with Crippen LogP contribution in [0.1, 0.15) is 26.7 Å². The lowest BCUT2D eigenvalue weighted by Gasteiger charge is -2.02. The second-order valence-electron chi connectivity index (χ2n) is 3.73. The lowest BCUT2D eigenvalue weighted by Crippen LogP contribution is -2.25. The van der Waals surface area contributed by atoms with Gasteiger partial charge in [-0.25, -0.2) is 0 Å². The van der Waals surface area contributed by atoms with Gasteiger partial charge in [-0.05, 0) is 12.8 Å². The molecule has 0 aromatic rings. The van der Waals surface area contributed by atoms with E-state index in [2.05, 4.69) is 24.2 Å². The largest absolute Gasteiger partial charge is 0.371 e. The fourth-order valence-electron chi connectivity index (χ4n) is 1.36. The van der Waals surface area contributed by atoms with Crippen LogP contribution >= 0.6 is 0 Å². The van der Waals surface area contributed by atoms with Crippen molar-refractivity contribution < 1.29 is 0 Å². The summed E-state index contributed by atoms with van der Waals surface area (Å²) in [6.45, 7) is 5.47. The molecule has 0 saturated heterocycles. The molecule has 0 atom stereocenters. The second kappa shape index (κ2) is 1.74. The van der Waals surface area contributed by atoms with E-state index in [1.165, 1.54) is 18.7 Å². The SMILES string of the molecule is CC(C)C1=NC2(CC2)CN1. The second-order valence-corrected chi connectivity index (χ2v) is 3.73. The van der Waals surface area contributed by atoms with Crippen molar-refractivity contribution in [3.05, 3.63) is 0 Å². The quantitative estimate of drug-likeness (QED) is 0.578. The van der Waals surface area contributed by atoms with Gasteiger partial charge in [-0.2, -0.15) is 0 Å². The van der Waals surface area contributed by atoms with Crippen LogP contribution in [-0.2, 0) is 0 Å². The van der Waals surface area contributed by atoms with Crippen molar-refractivity contribution >= 4 is 5.84 Å². The molecule has 2 heteroatoms. The van der Waals surface area contributed by atoms with Crippen molar-refractivity contribution in [2.75, 3.05) is 6.54 Å². The number of aliphatic imine (C=N–C) groups is 1. The molecule has 1 heterocycles. The first-order valence-electron chi connectivity index (χ1n) is 4.05. The van der Waals surface area contributed by atoms with E-state index < -0.39 is 0 Å². The summed E-state index contributed by atoms with van der Waals surface area (Å²) in [6.07, 6.45) is 2.60. The van der Waals surface area contributed by atoms with Crippen LogP contribution in [0.2, 0.25) is 0 Å². The molecule has 2 aliphatic rings. The third-order valence-corrected chi connectivity index (χ3v) is 2.33. The molecule has 0 bridgehead atoms. The van der Waals surface area contributed by atoms with Gasteiger partial charge < -0.3 is 5.32 Å². The zero-order chi connectivity index (χ0) is 7.19. The fraction of sp³-hybridized carbons (Fsp3) is 0.875. The van der Waals surface area contributed by atoms with Gasteiger partial charge in [0.1, 0.15) is 0 Å². The Balaban J connectivity index is 2.11. The van der Waals surface area contributed by atoms with Gasteiger partial charge in [-0.15, -0.1) is 0 Å². The molecule has 56 valence electrons. The summed E-state index contributed by atoms with van der Waals surface area (Å²) in [5, 5.41) is 3.36. The maximum Gasteiger partial charge on any atom is 0.0997 e. The molecule has 0 aromatic heterocycles. The Morgan fingerprint density at radius 2 is 2.20 bits per heavy atom. The lowest BCUT2D eigenvalue weighted by molar-refractivity contribution is 0.703. The zero-order valence-electron chi connectivity index (χ0n) is 6.65. The molecule has 0 unspecified atom stereocenters. The summed E-state index contributed by atoms with van der Waals surface area (Å²) in [5.41, 5.74) is 0.375. The maximum atomic E-state index is 4.64. The molecule has 2 nitrogen and oxygen atoms in total. The van der Waals surface area contributed by atoms with Crippen LogP contribution in [0.15, 0.2) is 4.99 Å². The molecule has 0 aromatic carbocycles. The minimum Gasteiger partial charge on any atom is -0.371 e. The summed E-state index contributed by atoms with van der Waals surface area (Å²) >= 11 is 0. The number of nitrogens with zero attached hydrogens (tertiary/aromatic N) is 1. The monoisotopic (exact) mass is 138 g/mol. The van der Waals surface area contributed by atoms with Crippen molar-refractivity contribution in [2.24, 2.45) is 10.9 Å². The van der Waals surface area contributed by atoms with Gasteiger partial charge in [-0.1, -0.05) is 13.8 Å². The summed E-state index contributed by atoms with van der Waals surface area (Å²) in [6, 6.07) is 0. The molecule has 10 heavy (non-hydrogen) atoms. The number of hydrogen-bond acceptors (Lipinski definition) is 2. The van der Waals surface area contributed by atoms with E-state index in [9.17, 15) is 0 Å². The molecular weight excluding hydrogens is 124 g/mol. The van der Waals surface area contributed by atoms with Crippen molar-refractivity contribution in [1.29, 1.82) is 0 Å². The standard InChI is InChI=1S/C8H14N2/c1-6(2)7-9-5-8(10-7)3-4-8/h6H,3-5H2,1-2H3,(H,9,10). The van der Waals surface area contributed by atoms with E-state index in [-0.39, 0.29) is 0 Å². The molecular formula is C8H14N2. The highest BCUT2D eigenvalue weighted by Gasteiger charge is 2.46. The van der Waals surface area contributed by atoms with Gasteiger partial charge in [0, 0.05) is 12.5 Å². The number of nitrogens with one attached hydrogen (secondary N) is 1. The fourth-order valence-corrected chi connectivity index (χ4v) is 1.36. The van der Waals surface area contributed by atoms with Gasteiger partial charge in [0.2, 0.25) is 0 Å². The zero-order valence-corrected chi connectivity index (χ0v) is 6.65. The van der Waals surface area contributed by atoms with E-state index in [1.54, 1.807) is 0 Å². The molecule has 2 rings (SSSR count). The molecule has 1 fully saturated rings. The van der Waals surface area contributed by atoms with Crippen LogP contribution in [0.4, 0.5) is 0 Å². The Kier molecular flexibility index (Phi) is 1.08. The number of rotatable bonds is 1. The normalized spacial score (nSPS) is 26.9. The van der Waals surface area contributed by atoms with Gasteiger partial charge in [0.25, 0.3) is 0 Å². The van der Waals surface area contributed by atoms with Crippen molar-refractivity contribution in [3.8, 4) is 0 Å². The molecule has 0 radical (unpaired) electrons. The van der Waals surface area contributed by atoms with E-state index in [0.717, 1.165) is 6.54 Å². The first-order valence-corrected chi connectivity index (χ1v) is 4.05. The first kappa shape index (κ1) is 6.20. The smallest absolute Gasteiger partial charge is 0.0997 e. The van der Waals surface area contributed by atoms with Crippen LogP contribution in [-0.4, -0.2) is 17.9 Å². The molecule has 1 aliphatic carbocycles. The van der Waals surface area contributed by atoms with E-state index in [0.29, 0.717) is 11.5 Å². The molecule has 1 N–H and O–H groups in total. The average molecular weight is 138 g/mol. The van der Waals surface area contributed by atoms with Gasteiger partial charge in [0.05, 0.1) is 11.4 Å². The van der Waals surface area contributed by atoms with Crippen LogP contribution in [0.25, 0.3) is 0 Å². The molecule has 1 spiro atoms. The lowest BCUT2D eigenvalue weighted by atomic mass is 10.2. The Morgan fingerprint density at radius 1 is 1.50 bits per heavy atom. The van der Waals surface area contributed by atoms with Crippen molar-refractivity contribution in [2.45, 2.75) is 32.2 Å². The van der Waals surface area contributed by atoms with E-state index in [1.807, 2.05) is 0 Å². The Labute approximate surface area is 61.7 Å². The Bertz CT molecular complexity index is 178. The van der Waals surface area contributed by atoms with Crippen LogP contribution in [0.5, 0.6) is 0 Å². The molecule has 1 aliphatic heterocycles. The van der Waals surface area contributed by atoms with Crippen LogP contribution in [0.3, 0.4) is 0 Å². The third-order valence-electron chi connectivity index (χ3n) is 2.33. The number of hydrogen-bond donors (Lipinski definition) is 1. The Hall–Kier alpha value is -0.530. The summed E-state index contributed by atoms with van der Waals surface area (Å²) in [5.74, 6) is 1.80. The number of amidine groups is 1. The highest BCUT2D eigenvalue weighted by molar-refractivity contribution is 5.86. The third kappa shape index (κ3) is 0.825. The van der Waals surface area contributed by atoms with Crippen LogP contribution < -0.4 is 5.32 Å². The minimum atomic E-state index is 0.375. The van der Waals surface area contributed by atoms with Gasteiger partial charge in [-0.3, -0.25) is 4.99 Å². The highest BCUT2D eigenvalue weighted by atomic mass is 15.2. The summed E-state index contributed by atoms with van der Waals surface area (Å²) in [7, 11) is 0. The van der Waals surface area contributed by atoms with E-state index in [4.69, 9.17) is 0 Å².